The Morgan fingerprint density at radius 3 is 2.94 bits per heavy atom. The summed E-state index contributed by atoms with van der Waals surface area (Å²) in [6.07, 6.45) is 6.40. The average Bonchev–Trinajstić information content (AvgIpc) is 2.38. The Morgan fingerprint density at radius 1 is 1.44 bits per heavy atom. The van der Waals surface area contributed by atoms with Gasteiger partial charge in [0.15, 0.2) is 0 Å². The first kappa shape index (κ1) is 14.6. The van der Waals surface area contributed by atoms with E-state index in [1.54, 1.807) is 0 Å². The summed E-state index contributed by atoms with van der Waals surface area (Å²) in [6.45, 7) is 3.74. The van der Waals surface area contributed by atoms with Crippen LogP contribution in [0.2, 0.25) is 0 Å². The first-order valence-electron chi connectivity index (χ1n) is 7.37. The summed E-state index contributed by atoms with van der Waals surface area (Å²) >= 11 is 2.05. The highest BCUT2D eigenvalue weighted by atomic mass is 32.2. The second-order valence-electron chi connectivity index (χ2n) is 5.68. The highest BCUT2D eigenvalue weighted by molar-refractivity contribution is 7.99. The first-order chi connectivity index (χ1) is 8.74. The third kappa shape index (κ3) is 4.12. The van der Waals surface area contributed by atoms with E-state index in [9.17, 15) is 5.11 Å². The molecule has 0 amide bonds. The number of nitrogens with one attached hydrogen (secondary N) is 1. The fraction of sp³-hybridized carbons (Fsp3) is 1.00. The zero-order valence-electron chi connectivity index (χ0n) is 11.5. The maximum Gasteiger partial charge on any atom is 0.0713 e. The molecule has 1 spiro atoms. The van der Waals surface area contributed by atoms with E-state index < -0.39 is 0 Å². The third-order valence-corrected chi connectivity index (χ3v) is 5.15. The summed E-state index contributed by atoms with van der Waals surface area (Å²) in [7, 11) is 0. The minimum Gasteiger partial charge on any atom is -0.392 e. The van der Waals surface area contributed by atoms with E-state index in [1.165, 1.54) is 24.3 Å². The number of hydrogen-bond donors (Lipinski definition) is 2. The lowest BCUT2D eigenvalue weighted by Gasteiger charge is -2.43. The SMILES string of the molecule is CCCC(O)CNC1CCOC2(CCSCC2)C1. The molecule has 0 aromatic rings. The van der Waals surface area contributed by atoms with Crippen molar-refractivity contribution in [1.29, 1.82) is 0 Å². The summed E-state index contributed by atoms with van der Waals surface area (Å²) in [5.74, 6) is 2.48. The van der Waals surface area contributed by atoms with Crippen LogP contribution in [0, 0.1) is 0 Å². The molecular weight excluding hydrogens is 246 g/mol. The quantitative estimate of drug-likeness (QED) is 0.805. The lowest BCUT2D eigenvalue weighted by atomic mass is 9.85. The molecule has 2 aliphatic rings. The second kappa shape index (κ2) is 7.13. The maximum absolute atomic E-state index is 9.78. The van der Waals surface area contributed by atoms with E-state index in [1.807, 2.05) is 11.8 Å². The molecule has 2 aliphatic heterocycles. The van der Waals surface area contributed by atoms with Crippen LogP contribution in [0.25, 0.3) is 0 Å². The predicted molar refractivity (Wildman–Crippen MR) is 77.2 cm³/mol. The van der Waals surface area contributed by atoms with Crippen LogP contribution in [-0.2, 0) is 4.74 Å². The number of rotatable bonds is 5. The zero-order valence-corrected chi connectivity index (χ0v) is 12.3. The normalized spacial score (nSPS) is 29.3. The van der Waals surface area contributed by atoms with Crippen molar-refractivity contribution in [3.05, 3.63) is 0 Å². The Morgan fingerprint density at radius 2 is 2.22 bits per heavy atom. The molecule has 3 nitrogen and oxygen atoms in total. The molecule has 2 atom stereocenters. The molecule has 106 valence electrons. The van der Waals surface area contributed by atoms with Crippen LogP contribution in [-0.4, -0.2) is 47.5 Å². The van der Waals surface area contributed by atoms with Crippen molar-refractivity contribution in [1.82, 2.24) is 5.32 Å². The van der Waals surface area contributed by atoms with Gasteiger partial charge >= 0.3 is 0 Å². The molecule has 2 N–H and O–H groups in total. The minimum absolute atomic E-state index is 0.150. The van der Waals surface area contributed by atoms with Gasteiger partial charge in [-0.15, -0.1) is 0 Å². The van der Waals surface area contributed by atoms with Gasteiger partial charge in [-0.05, 0) is 43.6 Å². The Hall–Kier alpha value is 0.230. The molecule has 0 radical (unpaired) electrons. The molecule has 2 fully saturated rings. The lowest BCUT2D eigenvalue weighted by Crippen LogP contribution is -2.50. The zero-order chi connectivity index (χ0) is 12.8. The van der Waals surface area contributed by atoms with Crippen LogP contribution < -0.4 is 5.32 Å². The Kier molecular flexibility index (Phi) is 5.80. The highest BCUT2D eigenvalue weighted by Crippen LogP contribution is 2.37. The van der Waals surface area contributed by atoms with Crippen molar-refractivity contribution in [2.24, 2.45) is 0 Å². The summed E-state index contributed by atoms with van der Waals surface area (Å²) in [5, 5.41) is 13.3. The Balaban J connectivity index is 1.76. The van der Waals surface area contributed by atoms with Crippen LogP contribution in [0.3, 0.4) is 0 Å². The van der Waals surface area contributed by atoms with E-state index in [0.29, 0.717) is 6.04 Å². The van der Waals surface area contributed by atoms with Gasteiger partial charge in [0.1, 0.15) is 0 Å². The van der Waals surface area contributed by atoms with Gasteiger partial charge in [0, 0.05) is 19.2 Å². The minimum atomic E-state index is -0.185. The van der Waals surface area contributed by atoms with Gasteiger partial charge < -0.3 is 15.2 Å². The van der Waals surface area contributed by atoms with Crippen LogP contribution in [0.5, 0.6) is 0 Å². The van der Waals surface area contributed by atoms with Gasteiger partial charge in [-0.1, -0.05) is 13.3 Å². The fourth-order valence-electron chi connectivity index (χ4n) is 3.03. The highest BCUT2D eigenvalue weighted by Gasteiger charge is 2.38. The van der Waals surface area contributed by atoms with E-state index in [-0.39, 0.29) is 11.7 Å². The fourth-order valence-corrected chi connectivity index (χ4v) is 4.27. The number of thioether (sulfide) groups is 1. The summed E-state index contributed by atoms with van der Waals surface area (Å²) in [5.41, 5.74) is 0.150. The first-order valence-corrected chi connectivity index (χ1v) is 8.53. The molecule has 4 heteroatoms. The molecule has 2 heterocycles. The van der Waals surface area contributed by atoms with E-state index >= 15 is 0 Å². The predicted octanol–water partition coefficient (Wildman–Crippen LogP) is 2.18. The molecule has 0 aliphatic carbocycles. The number of ether oxygens (including phenoxy) is 1. The molecule has 0 aromatic heterocycles. The van der Waals surface area contributed by atoms with Gasteiger partial charge in [-0.25, -0.2) is 0 Å². The van der Waals surface area contributed by atoms with Gasteiger partial charge in [0.25, 0.3) is 0 Å². The monoisotopic (exact) mass is 273 g/mol. The summed E-state index contributed by atoms with van der Waals surface area (Å²) < 4.78 is 6.08. The maximum atomic E-state index is 9.78. The van der Waals surface area contributed by atoms with E-state index in [2.05, 4.69) is 12.2 Å². The van der Waals surface area contributed by atoms with Crippen molar-refractivity contribution in [3.8, 4) is 0 Å². The van der Waals surface area contributed by atoms with Crippen LogP contribution in [0.4, 0.5) is 0 Å². The molecule has 18 heavy (non-hydrogen) atoms. The smallest absolute Gasteiger partial charge is 0.0713 e. The molecule has 0 bridgehead atoms. The van der Waals surface area contributed by atoms with Crippen molar-refractivity contribution in [2.75, 3.05) is 24.7 Å². The summed E-state index contributed by atoms with van der Waals surface area (Å²) in [4.78, 5) is 0. The second-order valence-corrected chi connectivity index (χ2v) is 6.91. The largest absolute Gasteiger partial charge is 0.392 e. The van der Waals surface area contributed by atoms with Crippen molar-refractivity contribution >= 4 is 11.8 Å². The van der Waals surface area contributed by atoms with Crippen LogP contribution in [0.15, 0.2) is 0 Å². The molecule has 2 saturated heterocycles. The molecule has 2 rings (SSSR count). The standard InChI is InChI=1S/C14H27NO2S/c1-2-3-13(16)11-15-12-4-7-17-14(10-12)5-8-18-9-6-14/h12-13,15-16H,2-11H2,1H3. The van der Waals surface area contributed by atoms with Crippen LogP contribution in [0.1, 0.15) is 45.4 Å². The Labute approximate surface area is 115 Å². The number of aliphatic hydroxyl groups is 1. The Bertz CT molecular complexity index is 238. The number of hydrogen-bond acceptors (Lipinski definition) is 4. The van der Waals surface area contributed by atoms with Crippen LogP contribution >= 0.6 is 11.8 Å². The molecule has 2 unspecified atom stereocenters. The number of aliphatic hydroxyl groups excluding tert-OH is 1. The van der Waals surface area contributed by atoms with E-state index in [0.717, 1.165) is 38.8 Å². The third-order valence-electron chi connectivity index (χ3n) is 4.16. The molecule has 0 aromatic carbocycles. The molecular formula is C14H27NO2S. The topological polar surface area (TPSA) is 41.5 Å². The van der Waals surface area contributed by atoms with Crippen molar-refractivity contribution in [3.63, 3.8) is 0 Å². The average molecular weight is 273 g/mol. The van der Waals surface area contributed by atoms with Gasteiger partial charge in [-0.3, -0.25) is 0 Å². The van der Waals surface area contributed by atoms with Gasteiger partial charge in [0.2, 0.25) is 0 Å². The van der Waals surface area contributed by atoms with Crippen molar-refractivity contribution in [2.45, 2.75) is 63.2 Å². The van der Waals surface area contributed by atoms with E-state index in [4.69, 9.17) is 4.74 Å². The van der Waals surface area contributed by atoms with Crippen molar-refractivity contribution < 1.29 is 9.84 Å². The lowest BCUT2D eigenvalue weighted by molar-refractivity contribution is -0.0938. The molecule has 0 saturated carbocycles. The van der Waals surface area contributed by atoms with Gasteiger partial charge in [-0.2, -0.15) is 11.8 Å². The van der Waals surface area contributed by atoms with Gasteiger partial charge in [0.05, 0.1) is 11.7 Å². The summed E-state index contributed by atoms with van der Waals surface area (Å²) in [6, 6.07) is 0.536.